The van der Waals surface area contributed by atoms with Crippen molar-refractivity contribution in [1.29, 1.82) is 0 Å². The number of ether oxygens (including phenoxy) is 10. The molecule has 4 saturated carbocycles. The minimum atomic E-state index is -2.10. The molecular formula is C59H95NO26. The van der Waals surface area contributed by atoms with Crippen LogP contribution in [0, 0.1) is 50.2 Å². The molecule has 492 valence electrons. The van der Waals surface area contributed by atoms with Crippen molar-refractivity contribution >= 4 is 11.9 Å². The Morgan fingerprint density at radius 2 is 1.29 bits per heavy atom. The number of hydrogen-bond donors (Lipinski definition) is 15. The third kappa shape index (κ3) is 11.1. The van der Waals surface area contributed by atoms with E-state index in [1.165, 1.54) is 6.92 Å². The number of esters is 1. The van der Waals surface area contributed by atoms with Crippen LogP contribution in [0.25, 0.3) is 0 Å². The van der Waals surface area contributed by atoms with Gasteiger partial charge in [-0.05, 0) is 97.2 Å². The molecule has 0 bridgehead atoms. The van der Waals surface area contributed by atoms with Crippen LogP contribution in [0.1, 0.15) is 113 Å². The van der Waals surface area contributed by atoms with Crippen LogP contribution in [-0.4, -0.2) is 264 Å². The van der Waals surface area contributed by atoms with E-state index in [9.17, 15) is 76.3 Å². The second-order valence-electron chi connectivity index (χ2n) is 28.7. The van der Waals surface area contributed by atoms with Gasteiger partial charge in [0.25, 0.3) is 0 Å². The summed E-state index contributed by atoms with van der Waals surface area (Å²) in [6.45, 7) is 12.8. The first-order valence-corrected chi connectivity index (χ1v) is 30.6. The van der Waals surface area contributed by atoms with Gasteiger partial charge in [0.1, 0.15) is 91.0 Å². The molecule has 0 aromatic carbocycles. The van der Waals surface area contributed by atoms with Crippen molar-refractivity contribution in [2.24, 2.45) is 50.2 Å². The SMILES string of the molecule is CC(=O)N[C@H]1[C@H](O[C@H]2CC[C@]3(C)[C@H]4CC=C5[C@@H]6CC(C)(C)CC[C@]6(C(=O)O[C@@H]6O[C@H](CO)[C@@H](O)[C@H](O)[C@H]6O[C@@H]6OC[C@](O)(CO)[C@H]6O)CC[C@@]5(C)[C@]4(C)[C@H](O)C[C@H]3C2(C)C)O[C@H](CO[C@@H]2OC[C@H](O)[C@H](O)[C@H]2O)[C@@H](O)[C@@H]1O[C@@H]1OC[C@@H](O)[C@H](O)[C@H]1O. The Labute approximate surface area is 499 Å². The van der Waals surface area contributed by atoms with Crippen LogP contribution in [0.3, 0.4) is 0 Å². The molecule has 0 unspecified atom stereocenters. The van der Waals surface area contributed by atoms with Crippen molar-refractivity contribution in [2.75, 3.05) is 39.6 Å². The van der Waals surface area contributed by atoms with E-state index in [1.54, 1.807) is 0 Å². The van der Waals surface area contributed by atoms with E-state index in [-0.39, 0.29) is 23.9 Å². The fraction of sp³-hybridized carbons (Fsp3) is 0.932. The molecule has 1 amide bonds. The molecule has 10 rings (SSSR count). The van der Waals surface area contributed by atoms with Gasteiger partial charge in [-0.25, -0.2) is 0 Å². The smallest absolute Gasteiger partial charge is 0.315 e. The zero-order chi connectivity index (χ0) is 62.8. The van der Waals surface area contributed by atoms with E-state index < -0.39 is 219 Å². The van der Waals surface area contributed by atoms with Crippen molar-refractivity contribution in [2.45, 2.75) is 254 Å². The monoisotopic (exact) mass is 1230 g/mol. The molecule has 86 heavy (non-hydrogen) atoms. The first-order valence-electron chi connectivity index (χ1n) is 30.6. The number of fused-ring (bicyclic) bond motifs is 7. The molecule has 9 fully saturated rings. The largest absolute Gasteiger partial charge is 0.432 e. The summed E-state index contributed by atoms with van der Waals surface area (Å²) in [4.78, 5) is 28.4. The second-order valence-corrected chi connectivity index (χ2v) is 28.7. The average Bonchev–Trinajstić information content (AvgIpc) is 0.742. The Morgan fingerprint density at radius 3 is 1.93 bits per heavy atom. The summed E-state index contributed by atoms with van der Waals surface area (Å²) in [7, 11) is 0. The van der Waals surface area contributed by atoms with Crippen molar-refractivity contribution in [1.82, 2.24) is 5.32 Å². The summed E-state index contributed by atoms with van der Waals surface area (Å²) in [5, 5.41) is 155. The van der Waals surface area contributed by atoms with E-state index in [4.69, 9.17) is 47.4 Å². The van der Waals surface area contributed by atoms with Crippen LogP contribution in [0.5, 0.6) is 0 Å². The Hall–Kier alpha value is -2.24. The average molecular weight is 1230 g/mol. The third-order valence-electron chi connectivity index (χ3n) is 22.9. The summed E-state index contributed by atoms with van der Waals surface area (Å²) in [5.74, 6) is -1.92. The van der Waals surface area contributed by atoms with E-state index in [0.29, 0.717) is 57.8 Å². The van der Waals surface area contributed by atoms with Gasteiger partial charge in [-0.15, -0.1) is 0 Å². The predicted octanol–water partition coefficient (Wildman–Crippen LogP) is -3.18. The first kappa shape index (κ1) is 66.7. The van der Waals surface area contributed by atoms with E-state index in [2.05, 4.69) is 59.9 Å². The van der Waals surface area contributed by atoms with Gasteiger partial charge in [-0.3, -0.25) is 9.59 Å². The van der Waals surface area contributed by atoms with Gasteiger partial charge in [0.15, 0.2) is 31.3 Å². The van der Waals surface area contributed by atoms with Gasteiger partial charge in [0, 0.05) is 12.3 Å². The Balaban J connectivity index is 0.917. The number of rotatable bonds is 14. The van der Waals surface area contributed by atoms with Gasteiger partial charge in [-0.2, -0.15) is 0 Å². The normalized spacial score (nSPS) is 52.5. The first-order chi connectivity index (χ1) is 40.2. The van der Waals surface area contributed by atoms with Crippen LogP contribution in [-0.2, 0) is 57.0 Å². The lowest BCUT2D eigenvalue weighted by Crippen LogP contribution is -2.70. The standard InChI is InChI=1S/C59H95NO26/c1-25(63)60-36-44(84-49-43(73)38(68)29(65)21-78-49)40(70)31(22-79-48-42(72)37(67)28(64)20-77-48)82-47(36)83-35-11-12-55(6)32-10-9-26-27-18-53(2,3)13-15-58(27,16-14-56(26,7)57(32,8)34(66)17-33(55)54(35,4)5)52(75)86-50-45(41(71)39(69)30(19-61)81-50)85-51-46(74)59(76,23-62)24-80-51/h9,27-51,61-62,64-74,76H,10-24H2,1-8H3,(H,60,63)/t27-,28-,29+,30+,31+,32+,33-,34+,35-,36+,37-,38-,39+,40+,41-,42+,43+,44+,45+,46-,47-,48-,49-,50-,51-,55+,56+,57-,58-,59+/m0/s1. The van der Waals surface area contributed by atoms with Gasteiger partial charge in [0.05, 0.1) is 57.3 Å². The van der Waals surface area contributed by atoms with Crippen LogP contribution < -0.4 is 5.32 Å². The molecule has 5 heterocycles. The predicted molar refractivity (Wildman–Crippen MR) is 290 cm³/mol. The highest BCUT2D eigenvalue weighted by molar-refractivity contribution is 5.79. The molecule has 5 aliphatic heterocycles. The molecule has 27 heteroatoms. The number of aliphatic hydroxyl groups excluding tert-OH is 13. The number of nitrogens with one attached hydrogen (secondary N) is 1. The summed E-state index contributed by atoms with van der Waals surface area (Å²) in [6, 6.07) is -1.31. The maximum Gasteiger partial charge on any atom is 0.315 e. The number of carbonyl (C=O) groups is 2. The molecule has 27 nitrogen and oxygen atoms in total. The van der Waals surface area contributed by atoms with Gasteiger partial charge in [0.2, 0.25) is 12.2 Å². The maximum atomic E-state index is 15.4. The summed E-state index contributed by atoms with van der Waals surface area (Å²) in [5.41, 5.74) is -5.02. The quantitative estimate of drug-likeness (QED) is 0.0463. The number of carbonyl (C=O) groups excluding carboxylic acids is 2. The zero-order valence-electron chi connectivity index (χ0n) is 50.3. The minimum absolute atomic E-state index is 0.109. The Morgan fingerprint density at radius 1 is 0.663 bits per heavy atom. The molecule has 15 N–H and O–H groups in total. The number of allylic oxidation sites excluding steroid dienone is 2. The topological polar surface area (TPSA) is 422 Å². The Kier molecular flexibility index (Phi) is 18.9. The van der Waals surface area contributed by atoms with Crippen molar-refractivity contribution in [3.63, 3.8) is 0 Å². The molecule has 30 atom stereocenters. The van der Waals surface area contributed by atoms with Gasteiger partial charge < -0.3 is 124 Å². The second kappa shape index (κ2) is 24.3. The van der Waals surface area contributed by atoms with Crippen molar-refractivity contribution < 1.29 is 128 Å². The summed E-state index contributed by atoms with van der Waals surface area (Å²) in [6.07, 6.45) is -25.4. The van der Waals surface area contributed by atoms with E-state index >= 15 is 4.79 Å². The van der Waals surface area contributed by atoms with Crippen LogP contribution in [0.4, 0.5) is 0 Å². The van der Waals surface area contributed by atoms with Crippen LogP contribution >= 0.6 is 0 Å². The molecule has 0 aromatic rings. The molecule has 10 aliphatic rings. The molecule has 0 radical (unpaired) electrons. The van der Waals surface area contributed by atoms with Crippen molar-refractivity contribution in [3.8, 4) is 0 Å². The fourth-order valence-electron chi connectivity index (χ4n) is 17.4. The van der Waals surface area contributed by atoms with Crippen LogP contribution in [0.15, 0.2) is 11.6 Å². The lowest BCUT2D eigenvalue weighted by Gasteiger charge is -2.72. The lowest BCUT2D eigenvalue weighted by molar-refractivity contribution is -0.349. The maximum absolute atomic E-state index is 15.4. The van der Waals surface area contributed by atoms with E-state index in [1.807, 2.05) is 0 Å². The van der Waals surface area contributed by atoms with Gasteiger partial charge in [-0.1, -0.05) is 60.1 Å². The highest BCUT2D eigenvalue weighted by Crippen LogP contribution is 2.76. The molecule has 5 saturated heterocycles. The summed E-state index contributed by atoms with van der Waals surface area (Å²) >= 11 is 0. The van der Waals surface area contributed by atoms with Crippen molar-refractivity contribution in [3.05, 3.63) is 11.6 Å². The third-order valence-corrected chi connectivity index (χ3v) is 22.9. The fourth-order valence-corrected chi connectivity index (χ4v) is 17.4. The number of aliphatic hydroxyl groups is 14. The highest BCUT2D eigenvalue weighted by Gasteiger charge is 2.73. The summed E-state index contributed by atoms with van der Waals surface area (Å²) < 4.78 is 60.4. The zero-order valence-corrected chi connectivity index (χ0v) is 50.3. The van der Waals surface area contributed by atoms with Gasteiger partial charge >= 0.3 is 5.97 Å². The molecular weight excluding hydrogens is 1140 g/mol. The highest BCUT2D eigenvalue weighted by atomic mass is 16.8. The van der Waals surface area contributed by atoms with Crippen LogP contribution in [0.2, 0.25) is 0 Å². The Bertz CT molecular complexity index is 2460. The molecule has 0 aromatic heterocycles. The lowest BCUT2D eigenvalue weighted by atomic mass is 9.33. The molecule has 5 aliphatic carbocycles. The van der Waals surface area contributed by atoms with E-state index in [0.717, 1.165) is 5.57 Å². The number of amides is 1. The minimum Gasteiger partial charge on any atom is -0.432 e. The molecule has 0 spiro atoms. The number of hydrogen-bond acceptors (Lipinski definition) is 26.